The zero-order chi connectivity index (χ0) is 17.5. The minimum Gasteiger partial charge on any atom is -0.444 e. The summed E-state index contributed by atoms with van der Waals surface area (Å²) >= 11 is 0. The van der Waals surface area contributed by atoms with Crippen molar-refractivity contribution in [3.63, 3.8) is 0 Å². The Morgan fingerprint density at radius 2 is 1.78 bits per heavy atom. The van der Waals surface area contributed by atoms with Crippen molar-refractivity contribution in [3.8, 4) is 0 Å². The molecule has 2 N–H and O–H groups in total. The van der Waals surface area contributed by atoms with Crippen molar-refractivity contribution >= 4 is 6.09 Å². The van der Waals surface area contributed by atoms with Crippen molar-refractivity contribution in [2.45, 2.75) is 77.1 Å². The molecule has 0 aromatic carbocycles. The summed E-state index contributed by atoms with van der Waals surface area (Å²) in [6.07, 6.45) is 1.53. The van der Waals surface area contributed by atoms with Crippen LogP contribution in [0.1, 0.15) is 59.3 Å². The van der Waals surface area contributed by atoms with Gasteiger partial charge in [0.1, 0.15) is 5.60 Å². The van der Waals surface area contributed by atoms with Gasteiger partial charge in [0.25, 0.3) is 0 Å². The Morgan fingerprint density at radius 3 is 2.30 bits per heavy atom. The molecule has 0 radical (unpaired) electrons. The smallest absolute Gasteiger partial charge is 0.407 e. The third-order valence-corrected chi connectivity index (χ3v) is 3.78. The van der Waals surface area contributed by atoms with Crippen molar-refractivity contribution < 1.29 is 22.7 Å². The second kappa shape index (κ2) is 8.76. The van der Waals surface area contributed by atoms with E-state index in [1.165, 1.54) is 6.42 Å². The van der Waals surface area contributed by atoms with Crippen LogP contribution < -0.4 is 10.6 Å². The van der Waals surface area contributed by atoms with Crippen LogP contribution in [0.25, 0.3) is 0 Å². The molecule has 1 saturated carbocycles. The van der Waals surface area contributed by atoms with Gasteiger partial charge in [0.2, 0.25) is 0 Å². The van der Waals surface area contributed by atoms with Gasteiger partial charge in [0.15, 0.2) is 0 Å². The number of halogens is 3. The molecule has 1 atom stereocenters. The second-order valence-electron chi connectivity index (χ2n) is 7.33. The van der Waals surface area contributed by atoms with E-state index < -0.39 is 24.4 Å². The molecule has 0 aliphatic heterocycles. The average molecular weight is 338 g/mol. The molecule has 0 aromatic rings. The molecule has 4 nitrogen and oxygen atoms in total. The van der Waals surface area contributed by atoms with E-state index in [0.29, 0.717) is 12.3 Å². The third kappa shape index (κ3) is 10.4. The standard InChI is InChI=1S/C16H29F3N2O2/c1-15(2,3)23-14(22)21-13(10-20-11-16(17,18)19)9-12-7-5-4-6-8-12/h12-13,20H,4-11H2,1-3H3,(H,21,22). The summed E-state index contributed by atoms with van der Waals surface area (Å²) in [6, 6.07) is -0.352. The van der Waals surface area contributed by atoms with Crippen LogP contribution in [0.4, 0.5) is 18.0 Å². The molecule has 1 aliphatic rings. The predicted octanol–water partition coefficient (Wildman–Crippen LogP) is 4.00. The molecule has 1 rings (SSSR count). The maximum atomic E-state index is 12.3. The Bertz CT molecular complexity index is 361. The molecule has 0 bridgehead atoms. The number of amides is 1. The van der Waals surface area contributed by atoms with Gasteiger partial charge in [0.05, 0.1) is 6.54 Å². The summed E-state index contributed by atoms with van der Waals surface area (Å²) in [5.41, 5.74) is -0.626. The van der Waals surface area contributed by atoms with Crippen LogP contribution in [0, 0.1) is 5.92 Å². The van der Waals surface area contributed by atoms with E-state index >= 15 is 0 Å². The zero-order valence-electron chi connectivity index (χ0n) is 14.3. The number of nitrogens with one attached hydrogen (secondary N) is 2. The molecule has 0 heterocycles. The molecular formula is C16H29F3N2O2. The quantitative estimate of drug-likeness (QED) is 0.769. The van der Waals surface area contributed by atoms with Gasteiger partial charge >= 0.3 is 12.3 Å². The van der Waals surface area contributed by atoms with E-state index in [1.807, 2.05) is 0 Å². The van der Waals surface area contributed by atoms with E-state index in [-0.39, 0.29) is 12.6 Å². The first-order valence-electron chi connectivity index (χ1n) is 8.32. The SMILES string of the molecule is CC(C)(C)OC(=O)NC(CNCC(F)(F)F)CC1CCCCC1. The summed E-state index contributed by atoms with van der Waals surface area (Å²) in [5.74, 6) is 0.455. The highest BCUT2D eigenvalue weighted by atomic mass is 19.4. The van der Waals surface area contributed by atoms with Crippen LogP contribution in [0.5, 0.6) is 0 Å². The molecule has 1 fully saturated rings. The number of hydrogen-bond donors (Lipinski definition) is 2. The van der Waals surface area contributed by atoms with E-state index in [2.05, 4.69) is 10.6 Å². The molecule has 0 aromatic heterocycles. The van der Waals surface area contributed by atoms with Gasteiger partial charge in [-0.1, -0.05) is 32.1 Å². The Kier molecular flexibility index (Phi) is 7.64. The van der Waals surface area contributed by atoms with Crippen molar-refractivity contribution in [1.29, 1.82) is 0 Å². The molecule has 1 unspecified atom stereocenters. The summed E-state index contributed by atoms with van der Waals surface area (Å²) in [7, 11) is 0. The lowest BCUT2D eigenvalue weighted by atomic mass is 9.85. The Hall–Kier alpha value is -0.980. The van der Waals surface area contributed by atoms with Crippen molar-refractivity contribution in [3.05, 3.63) is 0 Å². The normalized spacial score (nSPS) is 18.5. The van der Waals surface area contributed by atoms with Gasteiger partial charge in [-0.25, -0.2) is 4.79 Å². The lowest BCUT2D eigenvalue weighted by Crippen LogP contribution is -2.46. The number of carbonyl (C=O) groups is 1. The lowest BCUT2D eigenvalue weighted by molar-refractivity contribution is -0.124. The van der Waals surface area contributed by atoms with Crippen LogP contribution in [0.3, 0.4) is 0 Å². The zero-order valence-corrected chi connectivity index (χ0v) is 14.3. The Morgan fingerprint density at radius 1 is 1.17 bits per heavy atom. The fourth-order valence-corrected chi connectivity index (χ4v) is 2.88. The van der Waals surface area contributed by atoms with Crippen LogP contribution in [-0.4, -0.2) is 37.0 Å². The highest BCUT2D eigenvalue weighted by Crippen LogP contribution is 2.27. The minimum absolute atomic E-state index is 0.0925. The van der Waals surface area contributed by atoms with Gasteiger partial charge < -0.3 is 15.4 Å². The van der Waals surface area contributed by atoms with Crippen molar-refractivity contribution in [2.24, 2.45) is 5.92 Å². The van der Waals surface area contributed by atoms with Gasteiger partial charge in [-0.15, -0.1) is 0 Å². The monoisotopic (exact) mass is 338 g/mol. The van der Waals surface area contributed by atoms with E-state index in [1.54, 1.807) is 20.8 Å². The van der Waals surface area contributed by atoms with Crippen molar-refractivity contribution in [2.75, 3.05) is 13.1 Å². The van der Waals surface area contributed by atoms with Crippen molar-refractivity contribution in [1.82, 2.24) is 10.6 Å². The Labute approximate surface area is 136 Å². The van der Waals surface area contributed by atoms with E-state index in [4.69, 9.17) is 4.74 Å². The summed E-state index contributed by atoms with van der Waals surface area (Å²) in [5, 5.41) is 5.10. The van der Waals surface area contributed by atoms with Gasteiger partial charge in [-0.2, -0.15) is 13.2 Å². The molecule has 1 amide bonds. The molecule has 0 spiro atoms. The summed E-state index contributed by atoms with van der Waals surface area (Å²) < 4.78 is 42.0. The first kappa shape index (κ1) is 20.1. The largest absolute Gasteiger partial charge is 0.444 e. The molecule has 0 saturated heterocycles. The van der Waals surface area contributed by atoms with Crippen LogP contribution in [0.2, 0.25) is 0 Å². The maximum absolute atomic E-state index is 12.3. The maximum Gasteiger partial charge on any atom is 0.407 e. The summed E-state index contributed by atoms with van der Waals surface area (Å²) in [4.78, 5) is 11.9. The fourth-order valence-electron chi connectivity index (χ4n) is 2.88. The Balaban J connectivity index is 2.50. The number of alkyl carbamates (subject to hydrolysis) is 1. The predicted molar refractivity (Wildman–Crippen MR) is 83.3 cm³/mol. The van der Waals surface area contributed by atoms with Gasteiger partial charge in [0, 0.05) is 12.6 Å². The highest BCUT2D eigenvalue weighted by molar-refractivity contribution is 5.68. The summed E-state index contributed by atoms with van der Waals surface area (Å²) in [6.45, 7) is 4.30. The molecule has 23 heavy (non-hydrogen) atoms. The second-order valence-corrected chi connectivity index (χ2v) is 7.33. The number of carbonyl (C=O) groups excluding carboxylic acids is 1. The number of ether oxygens (including phenoxy) is 1. The first-order chi connectivity index (χ1) is 10.6. The van der Waals surface area contributed by atoms with Gasteiger partial charge in [-0.05, 0) is 33.1 Å². The lowest BCUT2D eigenvalue weighted by Gasteiger charge is -2.28. The fraction of sp³-hybridized carbons (Fsp3) is 0.938. The average Bonchev–Trinajstić information content (AvgIpc) is 2.35. The van der Waals surface area contributed by atoms with Crippen LogP contribution in [0.15, 0.2) is 0 Å². The van der Waals surface area contributed by atoms with E-state index in [9.17, 15) is 18.0 Å². The number of rotatable bonds is 6. The third-order valence-electron chi connectivity index (χ3n) is 3.78. The van der Waals surface area contributed by atoms with E-state index in [0.717, 1.165) is 25.7 Å². The first-order valence-corrected chi connectivity index (χ1v) is 8.32. The number of alkyl halides is 3. The highest BCUT2D eigenvalue weighted by Gasteiger charge is 2.28. The van der Waals surface area contributed by atoms with Gasteiger partial charge in [-0.3, -0.25) is 0 Å². The minimum atomic E-state index is -4.25. The molecule has 1 aliphatic carbocycles. The molecular weight excluding hydrogens is 309 g/mol. The molecule has 136 valence electrons. The topological polar surface area (TPSA) is 50.4 Å². The molecule has 7 heteroatoms. The van der Waals surface area contributed by atoms with Crippen LogP contribution >= 0.6 is 0 Å². The number of hydrogen-bond acceptors (Lipinski definition) is 3. The van der Waals surface area contributed by atoms with Crippen LogP contribution in [-0.2, 0) is 4.74 Å².